The zero-order valence-electron chi connectivity index (χ0n) is 14.4. The Morgan fingerprint density at radius 1 is 1.42 bits per heavy atom. The van der Waals surface area contributed by atoms with Gasteiger partial charge in [0.05, 0.1) is 22.4 Å². The fourth-order valence-corrected chi connectivity index (χ4v) is 2.95. The number of benzene rings is 1. The van der Waals surface area contributed by atoms with Crippen molar-refractivity contribution in [3.63, 3.8) is 0 Å². The van der Waals surface area contributed by atoms with Crippen LogP contribution in [0.2, 0.25) is 0 Å². The second-order valence-electron chi connectivity index (χ2n) is 6.29. The summed E-state index contributed by atoms with van der Waals surface area (Å²) in [5.41, 5.74) is 1.43. The molecule has 0 bridgehead atoms. The van der Waals surface area contributed by atoms with E-state index in [-0.39, 0.29) is 23.7 Å². The van der Waals surface area contributed by atoms with Gasteiger partial charge < -0.3 is 15.5 Å². The summed E-state index contributed by atoms with van der Waals surface area (Å²) in [6.07, 6.45) is 12.8. The number of nitro groups is 1. The molecule has 2 atom stereocenters. The first-order valence-corrected chi connectivity index (χ1v) is 8.75. The number of hydrogen-bond donors (Lipinski definition) is 2. The van der Waals surface area contributed by atoms with E-state index < -0.39 is 4.92 Å². The van der Waals surface area contributed by atoms with E-state index >= 15 is 0 Å². The minimum Gasteiger partial charge on any atom is -0.359 e. The third-order valence-electron chi connectivity index (χ3n) is 4.36. The van der Waals surface area contributed by atoms with Crippen LogP contribution in [0, 0.1) is 15.5 Å². The highest BCUT2D eigenvalue weighted by molar-refractivity contribution is 6.10. The van der Waals surface area contributed by atoms with Crippen LogP contribution in [0.4, 0.5) is 11.4 Å². The number of hydrogen-bond acceptors (Lipinski definition) is 6. The first-order valence-electron chi connectivity index (χ1n) is 8.75. The number of non-ortho nitro benzene ring substituents is 1. The Balaban J connectivity index is 1.80. The Hall–Kier alpha value is -2.80. The van der Waals surface area contributed by atoms with E-state index in [0.29, 0.717) is 17.9 Å². The van der Waals surface area contributed by atoms with E-state index in [0.717, 1.165) is 25.7 Å². The number of nitrogens with zero attached hydrogens (tertiary/aromatic N) is 2. The van der Waals surface area contributed by atoms with Crippen molar-refractivity contribution in [2.24, 2.45) is 4.99 Å². The van der Waals surface area contributed by atoms with Gasteiger partial charge in [-0.25, -0.2) is 0 Å². The predicted octanol–water partition coefficient (Wildman–Crippen LogP) is 3.86. The Labute approximate surface area is 152 Å². The van der Waals surface area contributed by atoms with Gasteiger partial charge >= 0.3 is 0 Å². The van der Waals surface area contributed by atoms with Crippen LogP contribution >= 0.6 is 0 Å². The minimum atomic E-state index is -0.431. The second-order valence-corrected chi connectivity index (χ2v) is 6.29. The van der Waals surface area contributed by atoms with Crippen LogP contribution < -0.4 is 5.32 Å². The lowest BCUT2D eigenvalue weighted by molar-refractivity contribution is -0.384. The van der Waals surface area contributed by atoms with Crippen molar-refractivity contribution in [2.45, 2.75) is 38.0 Å². The lowest BCUT2D eigenvalue weighted by atomic mass is 10.0. The minimum absolute atomic E-state index is 0.00847. The van der Waals surface area contributed by atoms with E-state index in [1.54, 1.807) is 18.4 Å². The van der Waals surface area contributed by atoms with Gasteiger partial charge in [0.1, 0.15) is 6.23 Å². The van der Waals surface area contributed by atoms with Crippen LogP contribution in [-0.4, -0.2) is 35.7 Å². The zero-order chi connectivity index (χ0) is 18.4. The monoisotopic (exact) mass is 354 g/mol. The molecular weight excluding hydrogens is 332 g/mol. The number of dihydropyridines is 1. The summed E-state index contributed by atoms with van der Waals surface area (Å²) in [5.74, 6) is 0. The molecule has 0 saturated carbocycles. The number of anilines is 1. The first kappa shape index (κ1) is 18.0. The molecule has 0 spiro atoms. The Morgan fingerprint density at radius 3 is 3.00 bits per heavy atom. The number of nitrogens with one attached hydrogen (secondary N) is 2. The molecule has 2 unspecified atom stereocenters. The Morgan fingerprint density at radius 2 is 2.31 bits per heavy atom. The van der Waals surface area contributed by atoms with Crippen LogP contribution in [-0.2, 0) is 4.74 Å². The second kappa shape index (κ2) is 8.53. The molecule has 1 aromatic rings. The van der Waals surface area contributed by atoms with Crippen LogP contribution in [0.5, 0.6) is 0 Å². The molecule has 0 aliphatic carbocycles. The van der Waals surface area contributed by atoms with Gasteiger partial charge in [0.15, 0.2) is 0 Å². The van der Waals surface area contributed by atoms with Crippen molar-refractivity contribution in [3.8, 4) is 0 Å². The van der Waals surface area contributed by atoms with Crippen molar-refractivity contribution >= 4 is 23.3 Å². The van der Waals surface area contributed by atoms with Gasteiger partial charge in [-0.2, -0.15) is 0 Å². The summed E-state index contributed by atoms with van der Waals surface area (Å²) >= 11 is 0. The number of nitro benzene ring substituents is 1. The summed E-state index contributed by atoms with van der Waals surface area (Å²) in [5, 5.41) is 22.7. The molecule has 1 fully saturated rings. The Bertz CT molecular complexity index is 764. The molecule has 2 aliphatic rings. The summed E-state index contributed by atoms with van der Waals surface area (Å²) in [6, 6.07) is 4.53. The molecule has 0 amide bonds. The molecule has 136 valence electrons. The van der Waals surface area contributed by atoms with Crippen LogP contribution in [0.3, 0.4) is 0 Å². The van der Waals surface area contributed by atoms with Crippen molar-refractivity contribution < 1.29 is 9.66 Å². The van der Waals surface area contributed by atoms with E-state index in [2.05, 4.69) is 10.3 Å². The molecule has 3 rings (SSSR count). The molecule has 0 aromatic heterocycles. The highest BCUT2D eigenvalue weighted by Crippen LogP contribution is 2.26. The van der Waals surface area contributed by atoms with Gasteiger partial charge in [-0.3, -0.25) is 15.1 Å². The van der Waals surface area contributed by atoms with E-state index in [9.17, 15) is 10.1 Å². The Kier molecular flexibility index (Phi) is 5.91. The van der Waals surface area contributed by atoms with E-state index in [1.807, 2.05) is 18.2 Å². The molecular formula is C19H22N4O3. The van der Waals surface area contributed by atoms with Crippen LogP contribution in [0.25, 0.3) is 0 Å². The third-order valence-corrected chi connectivity index (χ3v) is 4.36. The van der Waals surface area contributed by atoms with Crippen LogP contribution in [0.1, 0.15) is 31.2 Å². The summed E-state index contributed by atoms with van der Waals surface area (Å²) in [6.45, 7) is 0.673. The maximum atomic E-state index is 11.1. The average molecular weight is 354 g/mol. The summed E-state index contributed by atoms with van der Waals surface area (Å²) in [4.78, 5) is 15.0. The van der Waals surface area contributed by atoms with Crippen molar-refractivity contribution in [2.75, 3.05) is 11.9 Å². The van der Waals surface area contributed by atoms with Crippen LogP contribution in [0.15, 0.2) is 47.5 Å². The maximum absolute atomic E-state index is 11.1. The molecule has 1 aromatic carbocycles. The quantitative estimate of drug-likeness (QED) is 0.460. The van der Waals surface area contributed by atoms with Crippen molar-refractivity contribution in [3.05, 3.63) is 58.2 Å². The molecule has 26 heavy (non-hydrogen) atoms. The van der Waals surface area contributed by atoms with Gasteiger partial charge in [-0.1, -0.05) is 12.2 Å². The van der Waals surface area contributed by atoms with Crippen molar-refractivity contribution in [1.82, 2.24) is 0 Å². The third kappa shape index (κ3) is 4.64. The summed E-state index contributed by atoms with van der Waals surface area (Å²) < 4.78 is 5.68. The molecule has 2 aliphatic heterocycles. The molecule has 2 heterocycles. The largest absolute Gasteiger partial charge is 0.359 e. The predicted molar refractivity (Wildman–Crippen MR) is 102 cm³/mol. The maximum Gasteiger partial charge on any atom is 0.271 e. The fraction of sp³-hybridized carbons (Fsp3) is 0.368. The molecule has 2 N–H and O–H groups in total. The number of aliphatic imine (C=N–C) groups is 1. The molecule has 1 saturated heterocycles. The lowest BCUT2D eigenvalue weighted by Crippen LogP contribution is -2.28. The standard InChI is InChI=1S/C19H22N4O3/c20-17(10-7-14-5-1-3-11-21-14)16-9-8-15(23(24)25)13-18(16)22-19-6-2-4-12-26-19/h1,3,7-11,13-14,19-20,22H,2,4-6,12H2/b10-7+,20-17?. The van der Waals surface area contributed by atoms with Gasteiger partial charge in [-0.05, 0) is 43.9 Å². The number of rotatable bonds is 6. The average Bonchev–Trinajstić information content (AvgIpc) is 2.67. The van der Waals surface area contributed by atoms with Gasteiger partial charge in [0.25, 0.3) is 5.69 Å². The molecule has 7 heteroatoms. The topological polar surface area (TPSA) is 101 Å². The first-order chi connectivity index (χ1) is 12.6. The summed E-state index contributed by atoms with van der Waals surface area (Å²) in [7, 11) is 0. The fourth-order valence-electron chi connectivity index (χ4n) is 2.95. The van der Waals surface area contributed by atoms with E-state index in [1.165, 1.54) is 12.1 Å². The highest BCUT2D eigenvalue weighted by Gasteiger charge is 2.18. The number of allylic oxidation sites excluding steroid dienone is 2. The zero-order valence-corrected chi connectivity index (χ0v) is 14.4. The van der Waals surface area contributed by atoms with Gasteiger partial charge in [-0.15, -0.1) is 0 Å². The van der Waals surface area contributed by atoms with Gasteiger partial charge in [0, 0.05) is 30.5 Å². The smallest absolute Gasteiger partial charge is 0.271 e. The van der Waals surface area contributed by atoms with E-state index in [4.69, 9.17) is 10.1 Å². The highest BCUT2D eigenvalue weighted by atomic mass is 16.6. The SMILES string of the molecule is N=C(/C=C/C1CC=CC=N1)c1ccc([N+](=O)[O-])cc1NC1CCCCO1. The molecule has 7 nitrogen and oxygen atoms in total. The normalized spacial score (nSPS) is 22.5. The van der Waals surface area contributed by atoms with Gasteiger partial charge in [0.2, 0.25) is 0 Å². The molecule has 0 radical (unpaired) electrons. The van der Waals surface area contributed by atoms with Crippen molar-refractivity contribution in [1.29, 1.82) is 5.41 Å². The lowest BCUT2D eigenvalue weighted by Gasteiger charge is -2.25. The number of ether oxygens (including phenoxy) is 1.